The van der Waals surface area contributed by atoms with Gasteiger partial charge in [-0.2, -0.15) is 0 Å². The number of halogens is 2. The number of anilines is 3. The van der Waals surface area contributed by atoms with Crippen molar-refractivity contribution >= 4 is 34.6 Å². The van der Waals surface area contributed by atoms with E-state index in [0.717, 1.165) is 0 Å². The standard InChI is InChI=1S/C14H12ClFN2O2/c1-20-14(19)9-7-8(17)5-6-12(9)18-13-10(15)3-2-4-11(13)16/h2-7,18H,17H2,1H3. The molecule has 2 aromatic carbocycles. The van der Waals surface area contributed by atoms with Crippen LogP contribution < -0.4 is 11.1 Å². The van der Waals surface area contributed by atoms with Crippen LogP contribution in [-0.2, 0) is 4.74 Å². The van der Waals surface area contributed by atoms with Crippen molar-refractivity contribution in [1.29, 1.82) is 0 Å². The Labute approximate surface area is 120 Å². The van der Waals surface area contributed by atoms with E-state index >= 15 is 0 Å². The van der Waals surface area contributed by atoms with Crippen LogP contribution in [0.2, 0.25) is 5.02 Å². The van der Waals surface area contributed by atoms with Gasteiger partial charge in [-0.15, -0.1) is 0 Å². The topological polar surface area (TPSA) is 64.3 Å². The van der Waals surface area contributed by atoms with E-state index in [-0.39, 0.29) is 16.3 Å². The summed E-state index contributed by atoms with van der Waals surface area (Å²) in [5.74, 6) is -1.10. The van der Waals surface area contributed by atoms with E-state index in [1.54, 1.807) is 18.2 Å². The fraction of sp³-hybridized carbons (Fsp3) is 0.0714. The van der Waals surface area contributed by atoms with E-state index in [4.69, 9.17) is 17.3 Å². The highest BCUT2D eigenvalue weighted by Crippen LogP contribution is 2.30. The number of carbonyl (C=O) groups is 1. The average molecular weight is 295 g/mol. The molecule has 0 bridgehead atoms. The maximum Gasteiger partial charge on any atom is 0.340 e. The summed E-state index contributed by atoms with van der Waals surface area (Å²) >= 11 is 5.93. The van der Waals surface area contributed by atoms with Gasteiger partial charge in [-0.1, -0.05) is 17.7 Å². The first-order chi connectivity index (χ1) is 9.52. The second kappa shape index (κ2) is 5.79. The molecule has 4 nitrogen and oxygen atoms in total. The summed E-state index contributed by atoms with van der Waals surface area (Å²) in [6.07, 6.45) is 0. The van der Waals surface area contributed by atoms with Crippen LogP contribution in [0.25, 0.3) is 0 Å². The SMILES string of the molecule is COC(=O)c1cc(N)ccc1Nc1c(F)cccc1Cl. The summed E-state index contributed by atoms with van der Waals surface area (Å²) in [4.78, 5) is 11.7. The molecule has 0 heterocycles. The smallest absolute Gasteiger partial charge is 0.340 e. The number of nitrogens with one attached hydrogen (secondary N) is 1. The highest BCUT2D eigenvalue weighted by Gasteiger charge is 2.15. The molecule has 0 saturated carbocycles. The van der Waals surface area contributed by atoms with Gasteiger partial charge >= 0.3 is 5.97 Å². The molecule has 6 heteroatoms. The van der Waals surface area contributed by atoms with Gasteiger partial charge in [-0.25, -0.2) is 9.18 Å². The zero-order chi connectivity index (χ0) is 14.7. The number of hydrogen-bond donors (Lipinski definition) is 2. The number of methoxy groups -OCH3 is 1. The molecule has 0 aliphatic heterocycles. The summed E-state index contributed by atoms with van der Waals surface area (Å²) in [6.45, 7) is 0. The largest absolute Gasteiger partial charge is 0.465 e. The summed E-state index contributed by atoms with van der Waals surface area (Å²) in [7, 11) is 1.26. The van der Waals surface area contributed by atoms with Gasteiger partial charge in [0, 0.05) is 5.69 Å². The first kappa shape index (κ1) is 14.1. The second-order valence-corrected chi connectivity index (χ2v) is 4.43. The van der Waals surface area contributed by atoms with E-state index in [0.29, 0.717) is 11.4 Å². The van der Waals surface area contributed by atoms with Gasteiger partial charge < -0.3 is 15.8 Å². The third kappa shape index (κ3) is 2.83. The summed E-state index contributed by atoms with van der Waals surface area (Å²) in [6, 6.07) is 8.90. The van der Waals surface area contributed by atoms with Gasteiger partial charge in [0.2, 0.25) is 0 Å². The van der Waals surface area contributed by atoms with Crippen LogP contribution in [0.1, 0.15) is 10.4 Å². The Morgan fingerprint density at radius 2 is 2.10 bits per heavy atom. The maximum atomic E-state index is 13.7. The van der Waals surface area contributed by atoms with Crippen molar-refractivity contribution < 1.29 is 13.9 Å². The lowest BCUT2D eigenvalue weighted by Crippen LogP contribution is -2.07. The van der Waals surface area contributed by atoms with Crippen LogP contribution in [0.4, 0.5) is 21.5 Å². The Bertz CT molecular complexity index is 641. The van der Waals surface area contributed by atoms with Gasteiger partial charge in [-0.3, -0.25) is 0 Å². The molecular formula is C14H12ClFN2O2. The lowest BCUT2D eigenvalue weighted by atomic mass is 10.1. The van der Waals surface area contributed by atoms with Crippen LogP contribution >= 0.6 is 11.6 Å². The quantitative estimate of drug-likeness (QED) is 0.671. The fourth-order valence-electron chi connectivity index (χ4n) is 1.70. The van der Waals surface area contributed by atoms with Crippen LogP contribution in [0.3, 0.4) is 0 Å². The number of hydrogen-bond acceptors (Lipinski definition) is 4. The Balaban J connectivity index is 2.46. The van der Waals surface area contributed by atoms with Crippen molar-refractivity contribution in [2.75, 3.05) is 18.2 Å². The zero-order valence-electron chi connectivity index (χ0n) is 10.6. The number of nitrogens with two attached hydrogens (primary N) is 1. The molecule has 2 rings (SSSR count). The van der Waals surface area contributed by atoms with E-state index in [9.17, 15) is 9.18 Å². The monoisotopic (exact) mass is 294 g/mol. The van der Waals surface area contributed by atoms with Crippen LogP contribution in [0.15, 0.2) is 36.4 Å². The predicted molar refractivity (Wildman–Crippen MR) is 76.9 cm³/mol. The van der Waals surface area contributed by atoms with Crippen molar-refractivity contribution in [2.24, 2.45) is 0 Å². The minimum atomic E-state index is -0.577. The molecule has 0 saturated heterocycles. The van der Waals surface area contributed by atoms with Crippen molar-refractivity contribution in [2.45, 2.75) is 0 Å². The van der Waals surface area contributed by atoms with Crippen molar-refractivity contribution in [3.05, 3.63) is 52.8 Å². The number of nitrogen functional groups attached to an aromatic ring is 1. The Morgan fingerprint density at radius 1 is 1.35 bits per heavy atom. The Kier molecular flexibility index (Phi) is 4.10. The number of carbonyl (C=O) groups excluding carboxylic acids is 1. The highest BCUT2D eigenvalue weighted by molar-refractivity contribution is 6.33. The molecule has 0 unspecified atom stereocenters. The first-order valence-electron chi connectivity index (χ1n) is 5.72. The Morgan fingerprint density at radius 3 is 2.75 bits per heavy atom. The van der Waals surface area contributed by atoms with Gasteiger partial charge in [0.25, 0.3) is 0 Å². The van der Waals surface area contributed by atoms with Crippen molar-refractivity contribution in [1.82, 2.24) is 0 Å². The van der Waals surface area contributed by atoms with E-state index in [1.165, 1.54) is 25.3 Å². The average Bonchev–Trinajstić information content (AvgIpc) is 2.43. The third-order valence-electron chi connectivity index (χ3n) is 2.67. The van der Waals surface area contributed by atoms with Gasteiger partial charge in [0.15, 0.2) is 0 Å². The highest BCUT2D eigenvalue weighted by atomic mass is 35.5. The third-order valence-corrected chi connectivity index (χ3v) is 2.99. The molecule has 0 spiro atoms. The van der Waals surface area contributed by atoms with Gasteiger partial charge in [-0.05, 0) is 30.3 Å². The summed E-state index contributed by atoms with van der Waals surface area (Å²) < 4.78 is 18.4. The predicted octanol–water partition coefficient (Wildman–Crippen LogP) is 3.59. The number of rotatable bonds is 3. The van der Waals surface area contributed by atoms with E-state index in [2.05, 4.69) is 10.1 Å². The van der Waals surface area contributed by atoms with Crippen LogP contribution in [0.5, 0.6) is 0 Å². The van der Waals surface area contributed by atoms with Crippen LogP contribution in [0, 0.1) is 5.82 Å². The molecule has 0 aromatic heterocycles. The van der Waals surface area contributed by atoms with E-state index < -0.39 is 11.8 Å². The van der Waals surface area contributed by atoms with Gasteiger partial charge in [0.05, 0.1) is 29.1 Å². The Hall–Kier alpha value is -2.27. The number of esters is 1. The molecular weight excluding hydrogens is 283 g/mol. The maximum absolute atomic E-state index is 13.7. The zero-order valence-corrected chi connectivity index (χ0v) is 11.4. The minimum absolute atomic E-state index is 0.0871. The van der Waals surface area contributed by atoms with E-state index in [1.807, 2.05) is 0 Å². The number of benzene rings is 2. The van der Waals surface area contributed by atoms with Crippen LogP contribution in [-0.4, -0.2) is 13.1 Å². The molecule has 0 amide bonds. The number of ether oxygens (including phenoxy) is 1. The molecule has 0 aliphatic carbocycles. The van der Waals surface area contributed by atoms with Crippen molar-refractivity contribution in [3.63, 3.8) is 0 Å². The summed E-state index contributed by atoms with van der Waals surface area (Å²) in [5.41, 5.74) is 6.68. The molecule has 20 heavy (non-hydrogen) atoms. The molecule has 0 fully saturated rings. The fourth-order valence-corrected chi connectivity index (χ4v) is 1.91. The second-order valence-electron chi connectivity index (χ2n) is 4.02. The lowest BCUT2D eigenvalue weighted by molar-refractivity contribution is 0.0602. The first-order valence-corrected chi connectivity index (χ1v) is 6.09. The van der Waals surface area contributed by atoms with Gasteiger partial charge in [0.1, 0.15) is 5.82 Å². The molecule has 104 valence electrons. The normalized spacial score (nSPS) is 10.2. The lowest BCUT2D eigenvalue weighted by Gasteiger charge is -2.13. The molecule has 0 radical (unpaired) electrons. The van der Waals surface area contributed by atoms with Crippen molar-refractivity contribution in [3.8, 4) is 0 Å². The molecule has 0 atom stereocenters. The molecule has 0 aliphatic rings. The summed E-state index contributed by atoms with van der Waals surface area (Å²) in [5, 5.41) is 2.99. The number of para-hydroxylation sites is 1. The molecule has 3 N–H and O–H groups in total. The molecule has 2 aromatic rings. The minimum Gasteiger partial charge on any atom is -0.465 e.